The van der Waals surface area contributed by atoms with E-state index in [0.717, 1.165) is 17.8 Å². The Bertz CT molecular complexity index is 520. The van der Waals surface area contributed by atoms with E-state index >= 15 is 0 Å². The van der Waals surface area contributed by atoms with E-state index in [9.17, 15) is 4.79 Å². The van der Waals surface area contributed by atoms with Gasteiger partial charge in [-0.3, -0.25) is 4.79 Å². The Labute approximate surface area is 111 Å². The van der Waals surface area contributed by atoms with Gasteiger partial charge < -0.3 is 11.1 Å². The van der Waals surface area contributed by atoms with Crippen molar-refractivity contribution in [1.29, 1.82) is 0 Å². The summed E-state index contributed by atoms with van der Waals surface area (Å²) in [5.74, 6) is -0.157. The number of nitrogens with one attached hydrogen (secondary N) is 1. The molecule has 1 atom stereocenters. The molecule has 0 saturated carbocycles. The molecule has 2 rings (SSSR count). The number of nitrogens with zero attached hydrogens (tertiary/aromatic N) is 3. The Hall–Kier alpha value is -2.21. The minimum absolute atomic E-state index is 0.157. The van der Waals surface area contributed by atoms with Gasteiger partial charge in [0, 0.05) is 5.69 Å². The normalized spacial score (nSPS) is 12.1. The van der Waals surface area contributed by atoms with Crippen LogP contribution >= 0.6 is 0 Å². The molecule has 6 nitrogen and oxygen atoms in total. The van der Waals surface area contributed by atoms with Gasteiger partial charge in [0.15, 0.2) is 0 Å². The fourth-order valence-corrected chi connectivity index (χ4v) is 1.72. The molecule has 1 unspecified atom stereocenters. The van der Waals surface area contributed by atoms with Crippen LogP contribution in [0.3, 0.4) is 0 Å². The van der Waals surface area contributed by atoms with Crippen molar-refractivity contribution in [3.8, 4) is 5.69 Å². The van der Waals surface area contributed by atoms with Crippen LogP contribution in [-0.4, -0.2) is 26.7 Å². The zero-order chi connectivity index (χ0) is 13.7. The molecule has 1 aromatic carbocycles. The number of nitrogens with two attached hydrogens (primary N) is 1. The molecule has 3 N–H and O–H groups in total. The van der Waals surface area contributed by atoms with Crippen LogP contribution < -0.4 is 11.1 Å². The van der Waals surface area contributed by atoms with Gasteiger partial charge in [0.1, 0.15) is 12.7 Å². The van der Waals surface area contributed by atoms with Crippen molar-refractivity contribution < 1.29 is 4.79 Å². The van der Waals surface area contributed by atoms with Crippen molar-refractivity contribution in [2.75, 3.05) is 5.32 Å². The summed E-state index contributed by atoms with van der Waals surface area (Å²) in [5.41, 5.74) is 7.35. The van der Waals surface area contributed by atoms with Gasteiger partial charge >= 0.3 is 0 Å². The highest BCUT2D eigenvalue weighted by atomic mass is 16.2. The van der Waals surface area contributed by atoms with E-state index < -0.39 is 6.04 Å². The van der Waals surface area contributed by atoms with Crippen molar-refractivity contribution in [2.24, 2.45) is 5.73 Å². The van der Waals surface area contributed by atoms with Gasteiger partial charge in [0.2, 0.25) is 5.91 Å². The maximum atomic E-state index is 11.8. The van der Waals surface area contributed by atoms with Crippen LogP contribution in [0.4, 0.5) is 5.69 Å². The average molecular weight is 259 g/mol. The van der Waals surface area contributed by atoms with Gasteiger partial charge in [-0.25, -0.2) is 9.67 Å². The number of carbonyl (C=O) groups excluding carboxylic acids is 1. The highest BCUT2D eigenvalue weighted by Gasteiger charge is 2.12. The SMILES string of the molecule is CCCC(N)C(=O)Nc1ccc(-n2cncn2)cc1. The molecule has 0 bridgehead atoms. The van der Waals surface area contributed by atoms with Gasteiger partial charge in [-0.15, -0.1) is 0 Å². The number of hydrogen-bond acceptors (Lipinski definition) is 4. The molecule has 6 heteroatoms. The molecule has 0 aliphatic heterocycles. The molecule has 1 amide bonds. The number of rotatable bonds is 5. The molecule has 100 valence electrons. The minimum atomic E-state index is -0.458. The standard InChI is InChI=1S/C13H17N5O/c1-2-3-12(14)13(19)17-10-4-6-11(7-5-10)18-9-15-8-16-18/h4-9,12H,2-3,14H2,1H3,(H,17,19). The lowest BCUT2D eigenvalue weighted by atomic mass is 10.1. The number of carbonyl (C=O) groups is 1. The Morgan fingerprint density at radius 3 is 2.74 bits per heavy atom. The van der Waals surface area contributed by atoms with Crippen LogP contribution in [0.15, 0.2) is 36.9 Å². The van der Waals surface area contributed by atoms with Crippen molar-refractivity contribution in [3.63, 3.8) is 0 Å². The molecule has 2 aromatic rings. The molecule has 0 aliphatic rings. The molecule has 19 heavy (non-hydrogen) atoms. The number of hydrogen-bond donors (Lipinski definition) is 2. The lowest BCUT2D eigenvalue weighted by Gasteiger charge is -2.11. The van der Waals surface area contributed by atoms with Crippen molar-refractivity contribution in [3.05, 3.63) is 36.9 Å². The zero-order valence-electron chi connectivity index (χ0n) is 10.8. The van der Waals surface area contributed by atoms with Crippen molar-refractivity contribution >= 4 is 11.6 Å². The summed E-state index contributed by atoms with van der Waals surface area (Å²) < 4.78 is 1.65. The Morgan fingerprint density at radius 2 is 2.16 bits per heavy atom. The van der Waals surface area contributed by atoms with Gasteiger partial charge in [-0.05, 0) is 30.7 Å². The Balaban J connectivity index is 2.01. The third kappa shape index (κ3) is 3.38. The summed E-state index contributed by atoms with van der Waals surface area (Å²) in [6.45, 7) is 2.00. The largest absolute Gasteiger partial charge is 0.325 e. The molecular weight excluding hydrogens is 242 g/mol. The summed E-state index contributed by atoms with van der Waals surface area (Å²) in [6, 6.07) is 6.88. The second-order valence-electron chi connectivity index (χ2n) is 4.27. The van der Waals surface area contributed by atoms with Gasteiger partial charge in [0.25, 0.3) is 0 Å². The lowest BCUT2D eigenvalue weighted by molar-refractivity contribution is -0.117. The first-order valence-electron chi connectivity index (χ1n) is 6.22. The van der Waals surface area contributed by atoms with Crippen LogP contribution in [0.1, 0.15) is 19.8 Å². The molecule has 0 fully saturated rings. The summed E-state index contributed by atoms with van der Waals surface area (Å²) >= 11 is 0. The third-order valence-corrected chi connectivity index (χ3v) is 2.75. The second kappa shape index (κ2) is 6.10. The number of anilines is 1. The second-order valence-corrected chi connectivity index (χ2v) is 4.27. The first-order chi connectivity index (χ1) is 9.20. The number of aromatic nitrogens is 3. The monoisotopic (exact) mass is 259 g/mol. The predicted octanol–water partition coefficient (Wildman–Crippen LogP) is 1.33. The molecule has 1 aromatic heterocycles. The summed E-state index contributed by atoms with van der Waals surface area (Å²) in [4.78, 5) is 15.6. The molecule has 0 saturated heterocycles. The van der Waals surface area contributed by atoms with Crippen LogP contribution in [0.25, 0.3) is 5.69 Å². The highest BCUT2D eigenvalue weighted by Crippen LogP contribution is 2.12. The Kier molecular flexibility index (Phi) is 4.25. The third-order valence-electron chi connectivity index (χ3n) is 2.75. The molecule has 1 heterocycles. The fourth-order valence-electron chi connectivity index (χ4n) is 1.72. The van der Waals surface area contributed by atoms with Gasteiger partial charge in [-0.2, -0.15) is 5.10 Å². The first-order valence-corrected chi connectivity index (χ1v) is 6.22. The maximum absolute atomic E-state index is 11.8. The van der Waals surface area contributed by atoms with E-state index in [2.05, 4.69) is 15.4 Å². The zero-order valence-corrected chi connectivity index (χ0v) is 10.8. The van der Waals surface area contributed by atoms with Crippen LogP contribution in [0, 0.1) is 0 Å². The van der Waals surface area contributed by atoms with E-state index in [1.165, 1.54) is 6.33 Å². The van der Waals surface area contributed by atoms with Crippen molar-refractivity contribution in [2.45, 2.75) is 25.8 Å². The lowest BCUT2D eigenvalue weighted by Crippen LogP contribution is -2.35. The molecule has 0 aliphatic carbocycles. The minimum Gasteiger partial charge on any atom is -0.325 e. The average Bonchev–Trinajstić information content (AvgIpc) is 2.94. The number of benzene rings is 1. The van der Waals surface area contributed by atoms with Crippen molar-refractivity contribution in [1.82, 2.24) is 14.8 Å². The highest BCUT2D eigenvalue weighted by molar-refractivity contribution is 5.94. The molecule has 0 radical (unpaired) electrons. The van der Waals surface area contributed by atoms with E-state index in [1.807, 2.05) is 31.2 Å². The predicted molar refractivity (Wildman–Crippen MR) is 72.9 cm³/mol. The summed E-state index contributed by atoms with van der Waals surface area (Å²) in [5, 5.41) is 6.82. The Morgan fingerprint density at radius 1 is 1.42 bits per heavy atom. The quantitative estimate of drug-likeness (QED) is 0.848. The van der Waals surface area contributed by atoms with E-state index in [1.54, 1.807) is 11.0 Å². The molecule has 0 spiro atoms. The molecular formula is C13H17N5O. The summed E-state index contributed by atoms with van der Waals surface area (Å²) in [6.07, 6.45) is 4.66. The van der Waals surface area contributed by atoms with Crippen LogP contribution in [0.2, 0.25) is 0 Å². The summed E-state index contributed by atoms with van der Waals surface area (Å²) in [7, 11) is 0. The van der Waals surface area contributed by atoms with Crippen LogP contribution in [-0.2, 0) is 4.79 Å². The first kappa shape index (κ1) is 13.2. The smallest absolute Gasteiger partial charge is 0.241 e. The van der Waals surface area contributed by atoms with Gasteiger partial charge in [0.05, 0.1) is 11.7 Å². The van der Waals surface area contributed by atoms with Gasteiger partial charge in [-0.1, -0.05) is 13.3 Å². The topological polar surface area (TPSA) is 85.8 Å². The van der Waals surface area contributed by atoms with Crippen LogP contribution in [0.5, 0.6) is 0 Å². The number of amides is 1. The maximum Gasteiger partial charge on any atom is 0.241 e. The van der Waals surface area contributed by atoms with E-state index in [4.69, 9.17) is 5.73 Å². The van der Waals surface area contributed by atoms with E-state index in [0.29, 0.717) is 6.42 Å². The van der Waals surface area contributed by atoms with E-state index in [-0.39, 0.29) is 5.91 Å². The fraction of sp³-hybridized carbons (Fsp3) is 0.308.